The molecule has 0 aliphatic carbocycles. The Morgan fingerprint density at radius 2 is 1.78 bits per heavy atom. The van der Waals surface area contributed by atoms with Crippen molar-refractivity contribution in [3.05, 3.63) is 37.4 Å². The zero-order valence-corrected chi connectivity index (χ0v) is 17.9. The molecule has 0 atom stereocenters. The van der Waals surface area contributed by atoms with Crippen LogP contribution in [0.2, 0.25) is 0 Å². The van der Waals surface area contributed by atoms with Gasteiger partial charge in [-0.05, 0) is 52.7 Å². The van der Waals surface area contributed by atoms with Gasteiger partial charge in [0.2, 0.25) is 0 Å². The van der Waals surface area contributed by atoms with Crippen molar-refractivity contribution in [2.45, 2.75) is 47.6 Å². The van der Waals surface area contributed by atoms with E-state index in [1.54, 1.807) is 33.1 Å². The van der Waals surface area contributed by atoms with E-state index in [0.717, 1.165) is 21.8 Å². The van der Waals surface area contributed by atoms with E-state index in [2.05, 4.69) is 5.32 Å². The summed E-state index contributed by atoms with van der Waals surface area (Å²) >= 11 is 2.51. The van der Waals surface area contributed by atoms with Gasteiger partial charge in [0.25, 0.3) is 5.91 Å². The number of esters is 2. The fraction of sp³-hybridized carbons (Fsp3) is 0.421. The third kappa shape index (κ3) is 4.56. The minimum atomic E-state index is -0.580. The van der Waals surface area contributed by atoms with Crippen LogP contribution in [0.3, 0.4) is 0 Å². The summed E-state index contributed by atoms with van der Waals surface area (Å²) in [5.74, 6) is -1.43. The fourth-order valence-corrected chi connectivity index (χ4v) is 4.36. The van der Waals surface area contributed by atoms with Crippen molar-refractivity contribution < 1.29 is 23.9 Å². The summed E-state index contributed by atoms with van der Waals surface area (Å²) in [7, 11) is 0. The van der Waals surface area contributed by atoms with Gasteiger partial charge in [-0.1, -0.05) is 0 Å². The number of carbonyl (C=O) groups is 3. The second-order valence-electron chi connectivity index (χ2n) is 6.22. The van der Waals surface area contributed by atoms with Crippen LogP contribution < -0.4 is 5.32 Å². The smallest absolute Gasteiger partial charge is 0.348 e. The Morgan fingerprint density at radius 1 is 1.11 bits per heavy atom. The number of hydrogen-bond acceptors (Lipinski definition) is 7. The average molecular weight is 410 g/mol. The first kappa shape index (κ1) is 21.1. The molecule has 8 heteroatoms. The van der Waals surface area contributed by atoms with Gasteiger partial charge in [0.15, 0.2) is 0 Å². The highest BCUT2D eigenvalue weighted by atomic mass is 32.1. The van der Waals surface area contributed by atoms with Gasteiger partial charge in [-0.25, -0.2) is 9.59 Å². The first-order valence-corrected chi connectivity index (χ1v) is 10.2. The van der Waals surface area contributed by atoms with Crippen molar-refractivity contribution in [3.63, 3.8) is 0 Å². The predicted octanol–water partition coefficient (Wildman–Crippen LogP) is 4.73. The van der Waals surface area contributed by atoms with Gasteiger partial charge in [-0.2, -0.15) is 0 Å². The molecule has 6 nitrogen and oxygen atoms in total. The molecule has 2 heterocycles. The van der Waals surface area contributed by atoms with Crippen LogP contribution in [0, 0.1) is 20.8 Å². The van der Waals surface area contributed by atoms with Crippen molar-refractivity contribution in [3.8, 4) is 0 Å². The second kappa shape index (κ2) is 8.67. The first-order valence-electron chi connectivity index (χ1n) is 8.54. The van der Waals surface area contributed by atoms with Crippen molar-refractivity contribution in [2.75, 3.05) is 11.9 Å². The number of hydrogen-bond donors (Lipinski definition) is 1. The summed E-state index contributed by atoms with van der Waals surface area (Å²) in [5.41, 5.74) is 2.07. The quantitative estimate of drug-likeness (QED) is 0.698. The number of thiophene rings is 2. The Hall–Kier alpha value is -2.19. The lowest BCUT2D eigenvalue weighted by Gasteiger charge is -2.07. The molecule has 27 heavy (non-hydrogen) atoms. The summed E-state index contributed by atoms with van der Waals surface area (Å²) < 4.78 is 10.4. The van der Waals surface area contributed by atoms with Gasteiger partial charge in [0, 0.05) is 10.3 Å². The predicted molar refractivity (Wildman–Crippen MR) is 107 cm³/mol. The van der Waals surface area contributed by atoms with Crippen molar-refractivity contribution in [1.29, 1.82) is 0 Å². The van der Waals surface area contributed by atoms with E-state index in [4.69, 9.17) is 9.47 Å². The molecule has 0 aliphatic heterocycles. The Balaban J connectivity index is 2.44. The lowest BCUT2D eigenvalue weighted by molar-refractivity contribution is 0.0383. The maximum Gasteiger partial charge on any atom is 0.348 e. The zero-order chi connectivity index (χ0) is 20.3. The monoisotopic (exact) mass is 409 g/mol. The van der Waals surface area contributed by atoms with Crippen molar-refractivity contribution in [1.82, 2.24) is 0 Å². The van der Waals surface area contributed by atoms with Gasteiger partial charge in [-0.15, -0.1) is 22.7 Å². The Morgan fingerprint density at radius 3 is 2.30 bits per heavy atom. The van der Waals surface area contributed by atoms with Crippen LogP contribution in [-0.4, -0.2) is 30.6 Å². The lowest BCUT2D eigenvalue weighted by Crippen LogP contribution is -2.15. The van der Waals surface area contributed by atoms with Crippen LogP contribution in [0.25, 0.3) is 0 Å². The summed E-state index contributed by atoms with van der Waals surface area (Å²) in [6.45, 7) is 10.8. The molecular formula is C19H23NO5S2. The second-order valence-corrected chi connectivity index (χ2v) is 8.32. The topological polar surface area (TPSA) is 81.7 Å². The molecule has 0 spiro atoms. The molecule has 1 N–H and O–H groups in total. The van der Waals surface area contributed by atoms with Gasteiger partial charge < -0.3 is 14.8 Å². The van der Waals surface area contributed by atoms with Gasteiger partial charge in [-0.3, -0.25) is 4.79 Å². The third-order valence-corrected chi connectivity index (χ3v) is 6.11. The number of ether oxygens (including phenoxy) is 2. The highest BCUT2D eigenvalue weighted by molar-refractivity contribution is 7.18. The summed E-state index contributed by atoms with van der Waals surface area (Å²) in [5, 5.41) is 4.83. The van der Waals surface area contributed by atoms with E-state index in [-0.39, 0.29) is 34.1 Å². The molecule has 146 valence electrons. The van der Waals surface area contributed by atoms with Crippen LogP contribution in [0.5, 0.6) is 0 Å². The van der Waals surface area contributed by atoms with E-state index < -0.39 is 11.9 Å². The molecule has 0 fully saturated rings. The summed E-state index contributed by atoms with van der Waals surface area (Å²) in [6.07, 6.45) is -0.292. The molecule has 0 radical (unpaired) electrons. The number of aryl methyl sites for hydroxylation is 1. The standard InChI is InChI=1S/C19H23NO5S2/c1-7-24-18(22)14-11(5)15(19(23)25-9(2)3)27-17(14)20-16(21)13-8-26-12(6)10(13)4/h8-9H,7H2,1-6H3,(H,20,21). The number of nitrogens with one attached hydrogen (secondary N) is 1. The fourth-order valence-electron chi connectivity index (χ4n) is 2.42. The van der Waals surface area contributed by atoms with Crippen LogP contribution in [-0.2, 0) is 9.47 Å². The maximum absolute atomic E-state index is 12.7. The van der Waals surface area contributed by atoms with Crippen LogP contribution in [0.1, 0.15) is 67.2 Å². The molecule has 2 rings (SSSR count). The number of amides is 1. The van der Waals surface area contributed by atoms with E-state index in [1.807, 2.05) is 13.8 Å². The molecule has 1 amide bonds. The minimum Gasteiger partial charge on any atom is -0.462 e. The maximum atomic E-state index is 12.7. The molecule has 0 saturated carbocycles. The molecule has 2 aromatic heterocycles. The van der Waals surface area contributed by atoms with E-state index >= 15 is 0 Å². The molecule has 2 aromatic rings. The highest BCUT2D eigenvalue weighted by Crippen LogP contribution is 2.35. The minimum absolute atomic E-state index is 0.190. The molecule has 0 aliphatic rings. The van der Waals surface area contributed by atoms with Crippen molar-refractivity contribution in [2.24, 2.45) is 0 Å². The van der Waals surface area contributed by atoms with Gasteiger partial charge >= 0.3 is 11.9 Å². The Kier molecular flexibility index (Phi) is 6.78. The average Bonchev–Trinajstić information content (AvgIpc) is 3.07. The zero-order valence-electron chi connectivity index (χ0n) is 16.2. The Bertz CT molecular complexity index is 879. The summed E-state index contributed by atoms with van der Waals surface area (Å²) in [6, 6.07) is 0. The molecule has 0 aromatic carbocycles. The molecule has 0 bridgehead atoms. The van der Waals surface area contributed by atoms with Crippen LogP contribution in [0.15, 0.2) is 5.38 Å². The highest BCUT2D eigenvalue weighted by Gasteiger charge is 2.28. The number of rotatable bonds is 6. The molecule has 0 unspecified atom stereocenters. The van der Waals surface area contributed by atoms with E-state index in [1.165, 1.54) is 11.3 Å². The largest absolute Gasteiger partial charge is 0.462 e. The molecule has 0 saturated heterocycles. The Labute approximate surface area is 166 Å². The van der Waals surface area contributed by atoms with E-state index in [9.17, 15) is 14.4 Å². The third-order valence-electron chi connectivity index (χ3n) is 3.91. The number of anilines is 1. The summed E-state index contributed by atoms with van der Waals surface area (Å²) in [4.78, 5) is 38.8. The van der Waals surface area contributed by atoms with Crippen LogP contribution in [0.4, 0.5) is 5.00 Å². The van der Waals surface area contributed by atoms with Crippen LogP contribution >= 0.6 is 22.7 Å². The normalized spacial score (nSPS) is 10.8. The van der Waals surface area contributed by atoms with Gasteiger partial charge in [0.1, 0.15) is 9.88 Å². The van der Waals surface area contributed by atoms with E-state index in [0.29, 0.717) is 11.1 Å². The number of carbonyl (C=O) groups excluding carboxylic acids is 3. The lowest BCUT2D eigenvalue weighted by atomic mass is 10.1. The first-order chi connectivity index (χ1) is 12.7. The molecular weight excluding hydrogens is 386 g/mol. The SMILES string of the molecule is CCOC(=O)c1c(NC(=O)c2csc(C)c2C)sc(C(=O)OC(C)C)c1C. The van der Waals surface area contributed by atoms with Crippen molar-refractivity contribution >= 4 is 45.5 Å². The van der Waals surface area contributed by atoms with Gasteiger partial charge in [0.05, 0.1) is 23.8 Å².